The van der Waals surface area contributed by atoms with E-state index in [4.69, 9.17) is 9.47 Å². The van der Waals surface area contributed by atoms with Crippen LogP contribution in [0, 0.1) is 0 Å². The lowest BCUT2D eigenvalue weighted by atomic mass is 10.4. The number of rotatable bonds is 5. The van der Waals surface area contributed by atoms with Gasteiger partial charge in [0.1, 0.15) is 0 Å². The molecule has 0 aliphatic carbocycles. The first-order valence-corrected chi connectivity index (χ1v) is 3.77. The van der Waals surface area contributed by atoms with Gasteiger partial charge in [-0.3, -0.25) is 3.53 Å². The Bertz CT molecular complexity index is 56.9. The van der Waals surface area contributed by atoms with Gasteiger partial charge in [-0.2, -0.15) is 0 Å². The monoisotopic (exact) mass is 245 g/mol. The highest BCUT2D eigenvalue weighted by atomic mass is 127. The van der Waals surface area contributed by atoms with Crippen LogP contribution >= 0.6 is 22.9 Å². The lowest BCUT2D eigenvalue weighted by Crippen LogP contribution is -2.30. The summed E-state index contributed by atoms with van der Waals surface area (Å²) in [7, 11) is 3.35. The average molecular weight is 245 g/mol. The van der Waals surface area contributed by atoms with E-state index in [1.54, 1.807) is 14.2 Å². The molecule has 0 unspecified atom stereocenters. The molecular weight excluding hydrogens is 233 g/mol. The van der Waals surface area contributed by atoms with Gasteiger partial charge in [-0.15, -0.1) is 0 Å². The molecule has 4 heteroatoms. The third-order valence-electron chi connectivity index (χ3n) is 0.890. The molecule has 0 bridgehead atoms. The van der Waals surface area contributed by atoms with E-state index in [2.05, 4.69) is 26.4 Å². The molecule has 0 rings (SSSR count). The lowest BCUT2D eigenvalue weighted by Gasteiger charge is -2.11. The van der Waals surface area contributed by atoms with Gasteiger partial charge in [0.15, 0.2) is 0 Å². The Morgan fingerprint density at radius 3 is 2.00 bits per heavy atom. The number of nitrogens with one attached hydrogen (secondary N) is 1. The van der Waals surface area contributed by atoms with Crippen molar-refractivity contribution in [2.75, 3.05) is 27.4 Å². The van der Waals surface area contributed by atoms with Crippen molar-refractivity contribution in [3.8, 4) is 0 Å². The van der Waals surface area contributed by atoms with E-state index in [1.165, 1.54) is 0 Å². The molecule has 0 amide bonds. The largest absolute Gasteiger partial charge is 0.383 e. The summed E-state index contributed by atoms with van der Waals surface area (Å²) >= 11 is 2.09. The number of ether oxygens (including phenoxy) is 2. The zero-order chi connectivity index (χ0) is 7.11. The molecule has 56 valence electrons. The highest BCUT2D eigenvalue weighted by Gasteiger charge is 2.03. The van der Waals surface area contributed by atoms with Crippen LogP contribution in [-0.2, 0) is 9.47 Å². The molecule has 1 N–H and O–H groups in total. The van der Waals surface area contributed by atoms with Crippen molar-refractivity contribution in [2.45, 2.75) is 6.04 Å². The van der Waals surface area contributed by atoms with Gasteiger partial charge in [0.05, 0.1) is 19.3 Å². The van der Waals surface area contributed by atoms with Crippen molar-refractivity contribution in [1.29, 1.82) is 0 Å². The molecule has 0 saturated carbocycles. The Morgan fingerprint density at radius 2 is 1.78 bits per heavy atom. The van der Waals surface area contributed by atoms with Crippen LogP contribution in [0.1, 0.15) is 0 Å². The number of hydrogen-bond donors (Lipinski definition) is 1. The first-order valence-electron chi connectivity index (χ1n) is 2.69. The van der Waals surface area contributed by atoms with E-state index in [-0.39, 0.29) is 0 Å². The van der Waals surface area contributed by atoms with Crippen molar-refractivity contribution in [1.82, 2.24) is 3.53 Å². The van der Waals surface area contributed by atoms with Crippen LogP contribution in [0.2, 0.25) is 0 Å². The maximum Gasteiger partial charge on any atom is 0.0646 e. The Labute approximate surface area is 69.6 Å². The van der Waals surface area contributed by atoms with Crippen LogP contribution in [0.4, 0.5) is 0 Å². The summed E-state index contributed by atoms with van der Waals surface area (Å²) in [5.74, 6) is 0. The van der Waals surface area contributed by atoms with E-state index >= 15 is 0 Å². The average Bonchev–Trinajstić information content (AvgIpc) is 1.88. The van der Waals surface area contributed by atoms with Crippen molar-refractivity contribution in [3.05, 3.63) is 0 Å². The third-order valence-corrected chi connectivity index (χ3v) is 1.77. The number of hydrogen-bond acceptors (Lipinski definition) is 3. The van der Waals surface area contributed by atoms with E-state index in [0.29, 0.717) is 19.3 Å². The summed E-state index contributed by atoms with van der Waals surface area (Å²) in [5.41, 5.74) is 0. The molecule has 0 aromatic rings. The van der Waals surface area contributed by atoms with Crippen LogP contribution in [0.25, 0.3) is 0 Å². The smallest absolute Gasteiger partial charge is 0.0646 e. The normalized spacial score (nSPS) is 10.7. The highest BCUT2D eigenvalue weighted by Crippen LogP contribution is 1.88. The van der Waals surface area contributed by atoms with Crippen molar-refractivity contribution >= 4 is 22.9 Å². The molecule has 0 atom stereocenters. The van der Waals surface area contributed by atoms with Crippen molar-refractivity contribution < 1.29 is 9.47 Å². The van der Waals surface area contributed by atoms with E-state index < -0.39 is 0 Å². The molecule has 0 radical (unpaired) electrons. The van der Waals surface area contributed by atoms with Crippen LogP contribution in [0.5, 0.6) is 0 Å². The van der Waals surface area contributed by atoms with Crippen molar-refractivity contribution in [3.63, 3.8) is 0 Å². The molecule has 0 aliphatic heterocycles. The van der Waals surface area contributed by atoms with Gasteiger partial charge in [-0.25, -0.2) is 0 Å². The van der Waals surface area contributed by atoms with E-state index in [9.17, 15) is 0 Å². The second-order valence-corrected chi connectivity index (χ2v) is 2.34. The van der Waals surface area contributed by atoms with Gasteiger partial charge in [0.2, 0.25) is 0 Å². The number of methoxy groups -OCH3 is 2. The summed E-state index contributed by atoms with van der Waals surface area (Å²) in [6.07, 6.45) is 0. The second-order valence-electron chi connectivity index (χ2n) is 1.72. The molecule has 9 heavy (non-hydrogen) atoms. The molecule has 3 nitrogen and oxygen atoms in total. The summed E-state index contributed by atoms with van der Waals surface area (Å²) in [6, 6.07) is 0.306. The van der Waals surface area contributed by atoms with E-state index in [0.717, 1.165) is 0 Å². The van der Waals surface area contributed by atoms with Gasteiger partial charge >= 0.3 is 0 Å². The number of halogens is 1. The first-order chi connectivity index (χ1) is 4.35. The van der Waals surface area contributed by atoms with Crippen LogP contribution in [0.15, 0.2) is 0 Å². The van der Waals surface area contributed by atoms with Crippen LogP contribution in [0.3, 0.4) is 0 Å². The molecule has 0 spiro atoms. The minimum Gasteiger partial charge on any atom is -0.383 e. The molecule has 0 saturated heterocycles. The summed E-state index contributed by atoms with van der Waals surface area (Å²) in [6.45, 7) is 1.38. The zero-order valence-corrected chi connectivity index (χ0v) is 7.84. The fourth-order valence-corrected chi connectivity index (χ4v) is 0.873. The minimum absolute atomic E-state index is 0.306. The zero-order valence-electron chi connectivity index (χ0n) is 5.69. The predicted octanol–water partition coefficient (Wildman–Crippen LogP) is 0.587. The second kappa shape index (κ2) is 6.73. The topological polar surface area (TPSA) is 30.5 Å². The molecule has 0 fully saturated rings. The maximum atomic E-state index is 4.90. The Balaban J connectivity index is 3.18. The quantitative estimate of drug-likeness (QED) is 0.568. The van der Waals surface area contributed by atoms with Gasteiger partial charge in [-0.05, 0) is 0 Å². The fourth-order valence-electron chi connectivity index (χ4n) is 0.513. The van der Waals surface area contributed by atoms with Gasteiger partial charge < -0.3 is 9.47 Å². The maximum absolute atomic E-state index is 4.90. The Hall–Kier alpha value is 0.610. The fraction of sp³-hybridized carbons (Fsp3) is 1.00. The van der Waals surface area contributed by atoms with Crippen molar-refractivity contribution in [2.24, 2.45) is 0 Å². The molecule has 0 aromatic heterocycles. The Kier molecular flexibility index (Phi) is 7.18. The standard InChI is InChI=1S/C5H12INO2/c1-8-3-5(7-6)4-9-2/h5,7H,3-4H2,1-2H3. The van der Waals surface area contributed by atoms with Crippen LogP contribution < -0.4 is 3.53 Å². The van der Waals surface area contributed by atoms with Gasteiger partial charge in [0.25, 0.3) is 0 Å². The molecule has 0 heterocycles. The summed E-state index contributed by atoms with van der Waals surface area (Å²) in [4.78, 5) is 0. The lowest BCUT2D eigenvalue weighted by molar-refractivity contribution is 0.115. The SMILES string of the molecule is COCC(COC)NI. The summed E-state index contributed by atoms with van der Waals surface area (Å²) in [5, 5.41) is 0. The molecule has 0 aliphatic rings. The van der Waals surface area contributed by atoms with Gasteiger partial charge in [-0.1, -0.05) is 0 Å². The predicted molar refractivity (Wildman–Crippen MR) is 44.7 cm³/mol. The Morgan fingerprint density at radius 1 is 1.33 bits per heavy atom. The van der Waals surface area contributed by atoms with E-state index in [1.807, 2.05) is 0 Å². The third kappa shape index (κ3) is 5.07. The molecular formula is C5H12INO2. The van der Waals surface area contributed by atoms with Gasteiger partial charge in [0, 0.05) is 37.1 Å². The minimum atomic E-state index is 0.306. The first kappa shape index (κ1) is 9.61. The highest BCUT2D eigenvalue weighted by molar-refractivity contribution is 14.1. The summed E-state index contributed by atoms with van der Waals surface area (Å²) < 4.78 is 12.8. The van der Waals surface area contributed by atoms with Crippen LogP contribution in [-0.4, -0.2) is 33.5 Å². The molecule has 0 aromatic carbocycles.